The largest absolute Gasteiger partial charge is 0.396 e. The van der Waals surface area contributed by atoms with Gasteiger partial charge in [-0.1, -0.05) is 6.92 Å². The third kappa shape index (κ3) is 3.56. The first-order valence-corrected chi connectivity index (χ1v) is 5.68. The maximum Gasteiger partial charge on any atom is 0.0434 e. The zero-order valence-electron chi connectivity index (χ0n) is 9.66. The summed E-state index contributed by atoms with van der Waals surface area (Å²) in [7, 11) is 2.18. The molecule has 14 heavy (non-hydrogen) atoms. The Kier molecular flexibility index (Phi) is 4.85. The van der Waals surface area contributed by atoms with E-state index in [1.54, 1.807) is 0 Å². The Morgan fingerprint density at radius 2 is 2.29 bits per heavy atom. The van der Waals surface area contributed by atoms with E-state index in [-0.39, 0.29) is 0 Å². The van der Waals surface area contributed by atoms with Crippen LogP contribution in [0.4, 0.5) is 0 Å². The van der Waals surface area contributed by atoms with E-state index in [0.717, 1.165) is 19.5 Å². The highest BCUT2D eigenvalue weighted by molar-refractivity contribution is 4.85. The Morgan fingerprint density at radius 1 is 1.57 bits per heavy atom. The minimum Gasteiger partial charge on any atom is -0.396 e. The first-order valence-electron chi connectivity index (χ1n) is 5.68. The number of hydrogen-bond donors (Lipinski definition) is 2. The summed E-state index contributed by atoms with van der Waals surface area (Å²) in [6, 6.07) is 1.36. The summed E-state index contributed by atoms with van der Waals surface area (Å²) in [6.45, 7) is 6.97. The average Bonchev–Trinajstić information content (AvgIpc) is 2.44. The Hall–Kier alpha value is -0.120. The van der Waals surface area contributed by atoms with E-state index in [4.69, 9.17) is 5.11 Å². The second-order valence-electron chi connectivity index (χ2n) is 4.75. The molecule has 0 amide bonds. The van der Waals surface area contributed by atoms with Crippen molar-refractivity contribution in [2.24, 2.45) is 5.92 Å². The Morgan fingerprint density at radius 3 is 2.79 bits per heavy atom. The highest BCUT2D eigenvalue weighted by Crippen LogP contribution is 2.15. The zero-order chi connectivity index (χ0) is 10.6. The van der Waals surface area contributed by atoms with Gasteiger partial charge in [0.05, 0.1) is 0 Å². The van der Waals surface area contributed by atoms with Crippen molar-refractivity contribution in [1.82, 2.24) is 10.2 Å². The molecule has 3 unspecified atom stereocenters. The lowest BCUT2D eigenvalue weighted by Crippen LogP contribution is -2.34. The number of nitrogens with zero attached hydrogens (tertiary/aromatic N) is 1. The predicted molar refractivity (Wildman–Crippen MR) is 59.4 cm³/mol. The fourth-order valence-electron chi connectivity index (χ4n) is 2.03. The van der Waals surface area contributed by atoms with E-state index in [2.05, 4.69) is 31.1 Å². The lowest BCUT2D eigenvalue weighted by molar-refractivity contribution is 0.257. The molecular formula is C11H24N2O. The number of likely N-dealkylation sites (N-methyl/N-ethyl adjacent to an activating group) is 1. The molecule has 3 atom stereocenters. The van der Waals surface area contributed by atoms with Gasteiger partial charge in [-0.3, -0.25) is 0 Å². The van der Waals surface area contributed by atoms with E-state index < -0.39 is 0 Å². The summed E-state index contributed by atoms with van der Waals surface area (Å²) < 4.78 is 0. The molecule has 0 bridgehead atoms. The SMILES string of the molecule is CC(CCO)CNC1CC(C)N(C)C1. The number of likely N-dealkylation sites (tertiary alicyclic amines) is 1. The third-order valence-electron chi connectivity index (χ3n) is 3.26. The molecule has 3 nitrogen and oxygen atoms in total. The van der Waals surface area contributed by atoms with Crippen molar-refractivity contribution in [3.63, 3.8) is 0 Å². The van der Waals surface area contributed by atoms with Crippen molar-refractivity contribution in [3.05, 3.63) is 0 Å². The molecule has 0 aliphatic carbocycles. The lowest BCUT2D eigenvalue weighted by atomic mass is 10.1. The molecule has 0 saturated carbocycles. The Labute approximate surface area is 87.5 Å². The van der Waals surface area contributed by atoms with Gasteiger partial charge in [0.2, 0.25) is 0 Å². The minimum absolute atomic E-state index is 0.309. The van der Waals surface area contributed by atoms with Crippen LogP contribution in [0.25, 0.3) is 0 Å². The van der Waals surface area contributed by atoms with Gasteiger partial charge in [0, 0.05) is 25.2 Å². The summed E-state index contributed by atoms with van der Waals surface area (Å²) in [6.07, 6.45) is 2.16. The molecule has 0 spiro atoms. The van der Waals surface area contributed by atoms with Gasteiger partial charge in [-0.25, -0.2) is 0 Å². The smallest absolute Gasteiger partial charge is 0.0434 e. The zero-order valence-corrected chi connectivity index (χ0v) is 9.66. The van der Waals surface area contributed by atoms with Crippen LogP contribution < -0.4 is 5.32 Å². The summed E-state index contributed by atoms with van der Waals surface area (Å²) in [5.41, 5.74) is 0. The lowest BCUT2D eigenvalue weighted by Gasteiger charge is -2.16. The Balaban J connectivity index is 2.13. The molecule has 0 aromatic carbocycles. The van der Waals surface area contributed by atoms with Crippen LogP contribution in [0, 0.1) is 5.92 Å². The molecule has 0 aromatic heterocycles. The quantitative estimate of drug-likeness (QED) is 0.685. The van der Waals surface area contributed by atoms with Crippen molar-refractivity contribution < 1.29 is 5.11 Å². The average molecular weight is 200 g/mol. The third-order valence-corrected chi connectivity index (χ3v) is 3.26. The van der Waals surface area contributed by atoms with E-state index in [1.165, 1.54) is 6.42 Å². The molecule has 0 radical (unpaired) electrons. The number of aliphatic hydroxyl groups excluding tert-OH is 1. The molecule has 1 fully saturated rings. The number of rotatable bonds is 5. The van der Waals surface area contributed by atoms with Gasteiger partial charge in [-0.2, -0.15) is 0 Å². The second-order valence-corrected chi connectivity index (χ2v) is 4.75. The highest BCUT2D eigenvalue weighted by atomic mass is 16.3. The van der Waals surface area contributed by atoms with Gasteiger partial charge in [0.25, 0.3) is 0 Å². The van der Waals surface area contributed by atoms with Crippen LogP contribution >= 0.6 is 0 Å². The van der Waals surface area contributed by atoms with Gasteiger partial charge in [-0.05, 0) is 39.3 Å². The van der Waals surface area contributed by atoms with Gasteiger partial charge in [0.1, 0.15) is 0 Å². The summed E-state index contributed by atoms with van der Waals surface area (Å²) >= 11 is 0. The van der Waals surface area contributed by atoms with E-state index >= 15 is 0 Å². The number of hydrogen-bond acceptors (Lipinski definition) is 3. The normalized spacial score (nSPS) is 30.9. The molecule has 1 rings (SSSR count). The van der Waals surface area contributed by atoms with Crippen LogP contribution in [0.2, 0.25) is 0 Å². The van der Waals surface area contributed by atoms with Gasteiger partial charge in [0.15, 0.2) is 0 Å². The van der Waals surface area contributed by atoms with E-state index in [0.29, 0.717) is 24.6 Å². The molecular weight excluding hydrogens is 176 g/mol. The number of aliphatic hydroxyl groups is 1. The molecule has 3 heteroatoms. The molecule has 1 heterocycles. The summed E-state index contributed by atoms with van der Waals surface area (Å²) in [4.78, 5) is 2.40. The summed E-state index contributed by atoms with van der Waals surface area (Å²) in [5, 5.41) is 12.4. The van der Waals surface area contributed by atoms with Crippen LogP contribution in [0.1, 0.15) is 26.7 Å². The monoisotopic (exact) mass is 200 g/mol. The minimum atomic E-state index is 0.309. The van der Waals surface area contributed by atoms with Crippen LogP contribution in [-0.2, 0) is 0 Å². The maximum atomic E-state index is 8.78. The first-order chi connectivity index (χ1) is 6.63. The van der Waals surface area contributed by atoms with Crippen LogP contribution in [0.3, 0.4) is 0 Å². The van der Waals surface area contributed by atoms with Crippen molar-refractivity contribution in [2.75, 3.05) is 26.7 Å². The van der Waals surface area contributed by atoms with E-state index in [9.17, 15) is 0 Å². The molecule has 1 saturated heterocycles. The van der Waals surface area contributed by atoms with Gasteiger partial charge < -0.3 is 15.3 Å². The Bertz CT molecular complexity index is 153. The van der Waals surface area contributed by atoms with Crippen LogP contribution in [0.15, 0.2) is 0 Å². The van der Waals surface area contributed by atoms with Crippen molar-refractivity contribution >= 4 is 0 Å². The van der Waals surface area contributed by atoms with Gasteiger partial charge >= 0.3 is 0 Å². The molecule has 84 valence electrons. The number of nitrogens with one attached hydrogen (secondary N) is 1. The topological polar surface area (TPSA) is 35.5 Å². The molecule has 0 aromatic rings. The van der Waals surface area contributed by atoms with Crippen molar-refractivity contribution in [3.8, 4) is 0 Å². The van der Waals surface area contributed by atoms with Crippen molar-refractivity contribution in [2.45, 2.75) is 38.8 Å². The van der Waals surface area contributed by atoms with Crippen LogP contribution in [-0.4, -0.2) is 48.8 Å². The first kappa shape index (κ1) is 12.0. The maximum absolute atomic E-state index is 8.78. The standard InChI is InChI=1S/C11H24N2O/c1-9(4-5-14)7-12-11-6-10(2)13(3)8-11/h9-12,14H,4-8H2,1-3H3. The summed E-state index contributed by atoms with van der Waals surface area (Å²) in [5.74, 6) is 0.584. The molecule has 2 N–H and O–H groups in total. The van der Waals surface area contributed by atoms with Crippen molar-refractivity contribution in [1.29, 1.82) is 0 Å². The molecule has 1 aliphatic heterocycles. The second kappa shape index (κ2) is 5.69. The fraction of sp³-hybridized carbons (Fsp3) is 1.00. The van der Waals surface area contributed by atoms with Crippen LogP contribution in [0.5, 0.6) is 0 Å². The molecule has 1 aliphatic rings. The van der Waals surface area contributed by atoms with E-state index in [1.807, 2.05) is 0 Å². The predicted octanol–water partition coefficient (Wildman–Crippen LogP) is 0.687. The van der Waals surface area contributed by atoms with Gasteiger partial charge in [-0.15, -0.1) is 0 Å². The fourth-order valence-corrected chi connectivity index (χ4v) is 2.03. The highest BCUT2D eigenvalue weighted by Gasteiger charge is 2.25.